The van der Waals surface area contributed by atoms with E-state index in [-0.39, 0.29) is 17.6 Å². The van der Waals surface area contributed by atoms with E-state index in [4.69, 9.17) is 4.74 Å². The summed E-state index contributed by atoms with van der Waals surface area (Å²) in [6, 6.07) is 1.82. The third-order valence-corrected chi connectivity index (χ3v) is 4.00. The summed E-state index contributed by atoms with van der Waals surface area (Å²) in [7, 11) is 0. The molecule has 1 amide bonds. The SMILES string of the molecule is CC1CN(C(=O)c2cc(S)cs2)CC(C)(C)O1. The van der Waals surface area contributed by atoms with Crippen LogP contribution in [0.15, 0.2) is 16.3 Å². The van der Waals surface area contributed by atoms with Gasteiger partial charge in [0.15, 0.2) is 0 Å². The molecule has 1 atom stereocenters. The second kappa shape index (κ2) is 4.63. The van der Waals surface area contributed by atoms with Gasteiger partial charge in [0.1, 0.15) is 0 Å². The van der Waals surface area contributed by atoms with E-state index in [0.717, 1.165) is 9.77 Å². The second-order valence-corrected chi connectivity index (χ2v) is 6.47. The van der Waals surface area contributed by atoms with Crippen LogP contribution in [0.3, 0.4) is 0 Å². The zero-order valence-electron chi connectivity index (χ0n) is 10.3. The van der Waals surface area contributed by atoms with Gasteiger partial charge in [0.05, 0.1) is 16.6 Å². The normalized spacial score (nSPS) is 23.8. The van der Waals surface area contributed by atoms with E-state index in [0.29, 0.717) is 13.1 Å². The van der Waals surface area contributed by atoms with Gasteiger partial charge in [0, 0.05) is 23.4 Å². The molecular weight excluding hydrogens is 254 g/mol. The van der Waals surface area contributed by atoms with Crippen molar-refractivity contribution in [2.45, 2.75) is 37.4 Å². The van der Waals surface area contributed by atoms with Crippen LogP contribution in [0.1, 0.15) is 30.4 Å². The molecule has 0 radical (unpaired) electrons. The Morgan fingerprint density at radius 1 is 1.65 bits per heavy atom. The van der Waals surface area contributed by atoms with Crippen molar-refractivity contribution in [3.8, 4) is 0 Å². The topological polar surface area (TPSA) is 29.5 Å². The molecule has 0 saturated carbocycles. The summed E-state index contributed by atoms with van der Waals surface area (Å²) in [5.41, 5.74) is -0.269. The molecule has 1 fully saturated rings. The monoisotopic (exact) mass is 271 g/mol. The lowest BCUT2D eigenvalue weighted by Gasteiger charge is -2.41. The lowest BCUT2D eigenvalue weighted by molar-refractivity contribution is -0.118. The number of amides is 1. The van der Waals surface area contributed by atoms with Crippen LogP contribution in [-0.2, 0) is 4.74 Å². The predicted molar refractivity (Wildman–Crippen MR) is 72.1 cm³/mol. The Morgan fingerprint density at radius 3 is 2.88 bits per heavy atom. The Morgan fingerprint density at radius 2 is 2.35 bits per heavy atom. The number of thiol groups is 1. The fourth-order valence-electron chi connectivity index (χ4n) is 2.20. The molecule has 2 rings (SSSR count). The van der Waals surface area contributed by atoms with Gasteiger partial charge < -0.3 is 9.64 Å². The Kier molecular flexibility index (Phi) is 3.52. The van der Waals surface area contributed by atoms with Crippen molar-refractivity contribution in [1.82, 2.24) is 4.90 Å². The van der Waals surface area contributed by atoms with Crippen LogP contribution in [0.4, 0.5) is 0 Å². The summed E-state index contributed by atoms with van der Waals surface area (Å²) in [4.78, 5) is 15.8. The van der Waals surface area contributed by atoms with Gasteiger partial charge in [-0.25, -0.2) is 0 Å². The second-order valence-electron chi connectivity index (χ2n) is 5.04. The van der Waals surface area contributed by atoms with Crippen LogP contribution in [-0.4, -0.2) is 35.6 Å². The van der Waals surface area contributed by atoms with E-state index in [9.17, 15) is 4.79 Å². The molecule has 1 saturated heterocycles. The van der Waals surface area contributed by atoms with Crippen LogP contribution in [0, 0.1) is 0 Å². The van der Waals surface area contributed by atoms with Crippen molar-refractivity contribution in [2.75, 3.05) is 13.1 Å². The highest BCUT2D eigenvalue weighted by Crippen LogP contribution is 2.25. The lowest BCUT2D eigenvalue weighted by atomic mass is 10.1. The molecular formula is C12H17NO2S2. The quantitative estimate of drug-likeness (QED) is 0.796. The summed E-state index contributed by atoms with van der Waals surface area (Å²) in [6.07, 6.45) is 0.0816. The minimum absolute atomic E-state index is 0.0816. The van der Waals surface area contributed by atoms with Gasteiger partial charge in [-0.15, -0.1) is 24.0 Å². The van der Waals surface area contributed by atoms with Crippen LogP contribution >= 0.6 is 24.0 Å². The number of carbonyl (C=O) groups is 1. The van der Waals surface area contributed by atoms with Gasteiger partial charge in [-0.05, 0) is 26.8 Å². The number of ether oxygens (including phenoxy) is 1. The average Bonchev–Trinajstić information content (AvgIpc) is 2.60. The van der Waals surface area contributed by atoms with Crippen LogP contribution < -0.4 is 0 Å². The van der Waals surface area contributed by atoms with Crippen molar-refractivity contribution in [3.63, 3.8) is 0 Å². The largest absolute Gasteiger partial charge is 0.369 e. The Bertz CT molecular complexity index is 428. The average molecular weight is 271 g/mol. The van der Waals surface area contributed by atoms with E-state index < -0.39 is 0 Å². The third kappa shape index (κ3) is 3.03. The van der Waals surface area contributed by atoms with Crippen molar-refractivity contribution < 1.29 is 9.53 Å². The fourth-order valence-corrected chi connectivity index (χ4v) is 3.32. The molecule has 1 unspecified atom stereocenters. The maximum Gasteiger partial charge on any atom is 0.264 e. The summed E-state index contributed by atoms with van der Waals surface area (Å²) < 4.78 is 5.79. The van der Waals surface area contributed by atoms with E-state index in [1.54, 1.807) is 0 Å². The number of morpholine rings is 1. The molecule has 0 spiro atoms. The molecule has 5 heteroatoms. The van der Waals surface area contributed by atoms with Crippen LogP contribution in [0.2, 0.25) is 0 Å². The van der Waals surface area contributed by atoms with Gasteiger partial charge in [-0.1, -0.05) is 0 Å². The van der Waals surface area contributed by atoms with Crippen molar-refractivity contribution >= 4 is 29.9 Å². The first kappa shape index (κ1) is 12.9. The maximum atomic E-state index is 12.3. The van der Waals surface area contributed by atoms with Gasteiger partial charge in [0.2, 0.25) is 0 Å². The van der Waals surface area contributed by atoms with Crippen molar-refractivity contribution in [2.24, 2.45) is 0 Å². The fraction of sp³-hybridized carbons (Fsp3) is 0.583. The molecule has 1 aromatic rings. The standard InChI is InChI=1S/C12H17NO2S2/c1-8-5-13(7-12(2,3)15-8)11(14)10-4-9(16)6-17-10/h4,6,8,16H,5,7H2,1-3H3. The molecule has 94 valence electrons. The Hall–Kier alpha value is -0.520. The number of rotatable bonds is 1. The summed E-state index contributed by atoms with van der Waals surface area (Å²) in [6.45, 7) is 7.32. The van der Waals surface area contributed by atoms with E-state index in [1.807, 2.05) is 37.1 Å². The zero-order chi connectivity index (χ0) is 12.6. The number of nitrogens with zero attached hydrogens (tertiary/aromatic N) is 1. The molecule has 0 bridgehead atoms. The summed E-state index contributed by atoms with van der Waals surface area (Å²) in [5, 5.41) is 1.88. The van der Waals surface area contributed by atoms with Crippen molar-refractivity contribution in [1.29, 1.82) is 0 Å². The lowest BCUT2D eigenvalue weighted by Crippen LogP contribution is -2.53. The molecule has 2 heterocycles. The maximum absolute atomic E-state index is 12.3. The van der Waals surface area contributed by atoms with Gasteiger partial charge >= 0.3 is 0 Å². The van der Waals surface area contributed by atoms with E-state index in [2.05, 4.69) is 12.6 Å². The Balaban J connectivity index is 2.14. The predicted octanol–water partition coefficient (Wildman–Crippen LogP) is 2.68. The highest BCUT2D eigenvalue weighted by molar-refractivity contribution is 7.80. The molecule has 1 aliphatic rings. The van der Waals surface area contributed by atoms with Gasteiger partial charge in [0.25, 0.3) is 5.91 Å². The summed E-state index contributed by atoms with van der Waals surface area (Å²) >= 11 is 5.67. The molecule has 0 aromatic carbocycles. The number of carbonyl (C=O) groups excluding carboxylic acids is 1. The number of hydrogen-bond donors (Lipinski definition) is 1. The van der Waals surface area contributed by atoms with Gasteiger partial charge in [-0.2, -0.15) is 0 Å². The highest BCUT2D eigenvalue weighted by atomic mass is 32.1. The minimum Gasteiger partial charge on any atom is -0.369 e. The minimum atomic E-state index is -0.269. The van der Waals surface area contributed by atoms with Crippen LogP contribution in [0.5, 0.6) is 0 Å². The van der Waals surface area contributed by atoms with E-state index in [1.165, 1.54) is 11.3 Å². The highest BCUT2D eigenvalue weighted by Gasteiger charge is 2.34. The molecule has 0 aliphatic carbocycles. The first-order chi connectivity index (χ1) is 7.87. The smallest absolute Gasteiger partial charge is 0.264 e. The molecule has 17 heavy (non-hydrogen) atoms. The van der Waals surface area contributed by atoms with Crippen molar-refractivity contribution in [3.05, 3.63) is 16.3 Å². The van der Waals surface area contributed by atoms with Crippen LogP contribution in [0.25, 0.3) is 0 Å². The Labute approximate surface area is 111 Å². The number of hydrogen-bond acceptors (Lipinski definition) is 4. The molecule has 0 N–H and O–H groups in total. The summed E-state index contributed by atoms with van der Waals surface area (Å²) in [5.74, 6) is 0.0820. The molecule has 1 aromatic heterocycles. The number of thiophene rings is 1. The molecule has 3 nitrogen and oxygen atoms in total. The van der Waals surface area contributed by atoms with E-state index >= 15 is 0 Å². The first-order valence-electron chi connectivity index (χ1n) is 5.62. The first-order valence-corrected chi connectivity index (χ1v) is 6.95. The zero-order valence-corrected chi connectivity index (χ0v) is 12.0. The third-order valence-electron chi connectivity index (χ3n) is 2.65. The van der Waals surface area contributed by atoms with Gasteiger partial charge in [-0.3, -0.25) is 4.79 Å². The molecule has 1 aliphatic heterocycles.